The van der Waals surface area contributed by atoms with Crippen molar-refractivity contribution in [3.8, 4) is 6.07 Å². The fourth-order valence-corrected chi connectivity index (χ4v) is 4.31. The van der Waals surface area contributed by atoms with E-state index in [-0.39, 0.29) is 12.6 Å². The van der Waals surface area contributed by atoms with Gasteiger partial charge < -0.3 is 15.3 Å². The van der Waals surface area contributed by atoms with Gasteiger partial charge in [0.2, 0.25) is 0 Å². The van der Waals surface area contributed by atoms with E-state index in [4.69, 9.17) is 4.98 Å². The third kappa shape index (κ3) is 4.35. The lowest BCUT2D eigenvalue weighted by atomic mass is 9.98. The summed E-state index contributed by atoms with van der Waals surface area (Å²) in [7, 11) is 0. The number of aliphatic hydroxyl groups is 1. The topological polar surface area (TPSA) is 101 Å². The molecule has 2 N–H and O–H groups in total. The predicted molar refractivity (Wildman–Crippen MR) is 126 cm³/mol. The number of piperazine rings is 1. The van der Waals surface area contributed by atoms with E-state index in [1.165, 1.54) is 0 Å². The highest BCUT2D eigenvalue weighted by atomic mass is 16.3. The average Bonchev–Trinajstić information content (AvgIpc) is 2.81. The first-order chi connectivity index (χ1) is 15.5. The van der Waals surface area contributed by atoms with Crippen molar-refractivity contribution in [2.45, 2.75) is 26.8 Å². The number of hydrogen-bond donors (Lipinski definition) is 2. The van der Waals surface area contributed by atoms with Crippen LogP contribution < -0.4 is 10.2 Å². The molecule has 1 aliphatic rings. The summed E-state index contributed by atoms with van der Waals surface area (Å²) in [5.41, 5.74) is 3.56. The van der Waals surface area contributed by atoms with Gasteiger partial charge in [-0.3, -0.25) is 4.90 Å². The summed E-state index contributed by atoms with van der Waals surface area (Å²) in [6, 6.07) is 10.1. The molecule has 2 aromatic heterocycles. The molecule has 0 saturated carbocycles. The average molecular weight is 432 g/mol. The van der Waals surface area contributed by atoms with Crippen molar-refractivity contribution >= 4 is 22.4 Å². The molecule has 166 valence electrons. The molecule has 0 bridgehead atoms. The molecular formula is C24H29N7O. The fraction of sp³-hybridized carbons (Fsp3) is 0.417. The maximum Gasteiger partial charge on any atom is 0.157 e. The number of benzene rings is 1. The summed E-state index contributed by atoms with van der Waals surface area (Å²) >= 11 is 0. The van der Waals surface area contributed by atoms with Gasteiger partial charge >= 0.3 is 0 Å². The van der Waals surface area contributed by atoms with Crippen LogP contribution in [-0.4, -0.2) is 64.5 Å². The second-order valence-corrected chi connectivity index (χ2v) is 8.27. The van der Waals surface area contributed by atoms with E-state index in [1.807, 2.05) is 38.2 Å². The van der Waals surface area contributed by atoms with Gasteiger partial charge in [-0.15, -0.1) is 5.10 Å². The van der Waals surface area contributed by atoms with E-state index in [0.717, 1.165) is 59.6 Å². The van der Waals surface area contributed by atoms with Gasteiger partial charge in [0.05, 0.1) is 30.0 Å². The molecule has 1 aliphatic heterocycles. The SMILES string of the molecule is Cc1c(C#N)cccc1[C@@H](C)Nc1nnc(C)c2cnc(N3CCN(CCO)CC3)cc12. The van der Waals surface area contributed by atoms with Crippen molar-refractivity contribution in [3.63, 3.8) is 0 Å². The number of nitrogens with zero attached hydrogens (tertiary/aromatic N) is 6. The maximum absolute atomic E-state index is 9.37. The zero-order chi connectivity index (χ0) is 22.7. The molecule has 3 aromatic rings. The van der Waals surface area contributed by atoms with Crippen LogP contribution in [0.4, 0.5) is 11.6 Å². The Labute approximate surface area is 188 Å². The molecule has 0 radical (unpaired) electrons. The monoisotopic (exact) mass is 431 g/mol. The molecule has 3 heterocycles. The minimum atomic E-state index is -0.0397. The van der Waals surface area contributed by atoms with Crippen LogP contribution in [0.1, 0.15) is 35.3 Å². The van der Waals surface area contributed by atoms with Crippen LogP contribution in [0, 0.1) is 25.2 Å². The molecule has 1 aromatic carbocycles. The summed E-state index contributed by atoms with van der Waals surface area (Å²) < 4.78 is 0. The molecule has 0 amide bonds. The highest BCUT2D eigenvalue weighted by molar-refractivity contribution is 5.94. The summed E-state index contributed by atoms with van der Waals surface area (Å²) in [5.74, 6) is 1.63. The lowest BCUT2D eigenvalue weighted by Crippen LogP contribution is -2.47. The van der Waals surface area contributed by atoms with Crippen molar-refractivity contribution in [1.29, 1.82) is 5.26 Å². The molecule has 0 unspecified atom stereocenters. The van der Waals surface area contributed by atoms with Crippen molar-refractivity contribution in [1.82, 2.24) is 20.1 Å². The molecule has 8 heteroatoms. The van der Waals surface area contributed by atoms with Gasteiger partial charge in [0, 0.05) is 49.7 Å². The normalized spacial score (nSPS) is 15.5. The van der Waals surface area contributed by atoms with E-state index in [2.05, 4.69) is 44.4 Å². The molecule has 1 fully saturated rings. The number of aromatic nitrogens is 3. The molecule has 0 aliphatic carbocycles. The van der Waals surface area contributed by atoms with Crippen LogP contribution in [0.15, 0.2) is 30.5 Å². The maximum atomic E-state index is 9.37. The number of rotatable bonds is 6. The molecule has 1 atom stereocenters. The third-order valence-corrected chi connectivity index (χ3v) is 6.26. The van der Waals surface area contributed by atoms with Gasteiger partial charge in [0.1, 0.15) is 5.82 Å². The standard InChI is InChI=1S/C24H29N7O/c1-16-19(14-25)5-4-6-20(16)17(2)27-24-21-13-23(26-15-22(21)18(3)28-29-24)31-9-7-30(8-10-31)11-12-32/h4-6,13,15,17,32H,7-12H2,1-3H3,(H,27,29)/t17-/m1/s1. The largest absolute Gasteiger partial charge is 0.395 e. The van der Waals surface area contributed by atoms with Crippen LogP contribution in [0.5, 0.6) is 0 Å². The Kier molecular flexibility index (Phi) is 6.49. The van der Waals surface area contributed by atoms with Gasteiger partial charge in [0.15, 0.2) is 5.82 Å². The predicted octanol–water partition coefficient (Wildman–Crippen LogP) is 2.80. The van der Waals surface area contributed by atoms with Gasteiger partial charge in [-0.05, 0) is 44.0 Å². The summed E-state index contributed by atoms with van der Waals surface area (Å²) in [6.45, 7) is 10.4. The Bertz CT molecular complexity index is 1150. The summed E-state index contributed by atoms with van der Waals surface area (Å²) in [5, 5.41) is 32.8. The van der Waals surface area contributed by atoms with Crippen molar-refractivity contribution in [2.24, 2.45) is 0 Å². The van der Waals surface area contributed by atoms with E-state index in [0.29, 0.717) is 17.9 Å². The third-order valence-electron chi connectivity index (χ3n) is 6.26. The second kappa shape index (κ2) is 9.47. The first-order valence-electron chi connectivity index (χ1n) is 11.0. The molecular weight excluding hydrogens is 402 g/mol. The minimum absolute atomic E-state index is 0.0397. The molecule has 4 rings (SSSR count). The van der Waals surface area contributed by atoms with Crippen LogP contribution >= 0.6 is 0 Å². The highest BCUT2D eigenvalue weighted by Crippen LogP contribution is 2.30. The Morgan fingerprint density at radius 1 is 1.16 bits per heavy atom. The van der Waals surface area contributed by atoms with Gasteiger partial charge in [-0.2, -0.15) is 10.4 Å². The smallest absolute Gasteiger partial charge is 0.157 e. The number of nitriles is 1. The van der Waals surface area contributed by atoms with E-state index >= 15 is 0 Å². The number of β-amino-alcohol motifs (C(OH)–C–C–N with tert-alkyl or cyclic N) is 1. The zero-order valence-corrected chi connectivity index (χ0v) is 18.8. The first-order valence-corrected chi connectivity index (χ1v) is 11.0. The van der Waals surface area contributed by atoms with Crippen LogP contribution in [0.3, 0.4) is 0 Å². The quantitative estimate of drug-likeness (QED) is 0.614. The van der Waals surface area contributed by atoms with E-state index in [9.17, 15) is 10.4 Å². The molecule has 0 spiro atoms. The second-order valence-electron chi connectivity index (χ2n) is 8.27. The molecule has 8 nitrogen and oxygen atoms in total. The van der Waals surface area contributed by atoms with E-state index < -0.39 is 0 Å². The zero-order valence-electron chi connectivity index (χ0n) is 18.8. The van der Waals surface area contributed by atoms with Crippen LogP contribution in [-0.2, 0) is 0 Å². The number of aryl methyl sites for hydroxylation is 1. The number of nitrogens with one attached hydrogen (secondary N) is 1. The molecule has 1 saturated heterocycles. The first kappa shape index (κ1) is 21.9. The highest BCUT2D eigenvalue weighted by Gasteiger charge is 2.20. The van der Waals surface area contributed by atoms with Crippen molar-refractivity contribution < 1.29 is 5.11 Å². The Morgan fingerprint density at radius 3 is 2.66 bits per heavy atom. The number of fused-ring (bicyclic) bond motifs is 1. The Morgan fingerprint density at radius 2 is 1.94 bits per heavy atom. The summed E-state index contributed by atoms with van der Waals surface area (Å²) in [6.07, 6.45) is 1.88. The lowest BCUT2D eigenvalue weighted by Gasteiger charge is -2.35. The minimum Gasteiger partial charge on any atom is -0.395 e. The lowest BCUT2D eigenvalue weighted by molar-refractivity contribution is 0.188. The van der Waals surface area contributed by atoms with Crippen molar-refractivity contribution in [2.75, 3.05) is 49.5 Å². The van der Waals surface area contributed by atoms with Crippen molar-refractivity contribution in [3.05, 3.63) is 52.8 Å². The number of aliphatic hydroxyl groups excluding tert-OH is 1. The molecule has 32 heavy (non-hydrogen) atoms. The van der Waals surface area contributed by atoms with Gasteiger partial charge in [-0.1, -0.05) is 12.1 Å². The number of pyridine rings is 1. The number of hydrogen-bond acceptors (Lipinski definition) is 8. The van der Waals surface area contributed by atoms with Gasteiger partial charge in [0.25, 0.3) is 0 Å². The number of anilines is 2. The van der Waals surface area contributed by atoms with E-state index in [1.54, 1.807) is 0 Å². The Balaban J connectivity index is 1.63. The fourth-order valence-electron chi connectivity index (χ4n) is 4.31. The van der Waals surface area contributed by atoms with Gasteiger partial charge in [-0.25, -0.2) is 4.98 Å². The van der Waals surface area contributed by atoms with Crippen LogP contribution in [0.25, 0.3) is 10.8 Å². The van der Waals surface area contributed by atoms with Crippen LogP contribution in [0.2, 0.25) is 0 Å². The summed E-state index contributed by atoms with van der Waals surface area (Å²) in [4.78, 5) is 9.24. The Hall–Kier alpha value is -3.28.